The van der Waals surface area contributed by atoms with Crippen molar-refractivity contribution < 1.29 is 9.53 Å². The van der Waals surface area contributed by atoms with Crippen LogP contribution in [0.5, 0.6) is 0 Å². The van der Waals surface area contributed by atoms with Gasteiger partial charge in [0, 0.05) is 29.9 Å². The number of carbonyl (C=O) groups is 1. The van der Waals surface area contributed by atoms with E-state index in [1.807, 2.05) is 59.8 Å². The van der Waals surface area contributed by atoms with Gasteiger partial charge in [-0.25, -0.2) is 0 Å². The molecule has 3 rings (SSSR count). The zero-order valence-electron chi connectivity index (χ0n) is 12.8. The fourth-order valence-corrected chi connectivity index (χ4v) is 3.01. The van der Waals surface area contributed by atoms with Crippen LogP contribution in [0.4, 0.5) is 0 Å². The van der Waals surface area contributed by atoms with E-state index in [1.165, 1.54) is 0 Å². The Morgan fingerprint density at radius 3 is 2.73 bits per heavy atom. The average Bonchev–Trinajstić information content (AvgIpc) is 2.87. The number of aryl methyl sites for hydroxylation is 1. The van der Waals surface area contributed by atoms with Crippen molar-refractivity contribution in [2.75, 3.05) is 19.7 Å². The molecule has 1 aliphatic rings. The molecule has 1 aliphatic heterocycles. The van der Waals surface area contributed by atoms with Gasteiger partial charge in [0.25, 0.3) is 5.91 Å². The van der Waals surface area contributed by atoms with Gasteiger partial charge in [-0.05, 0) is 25.1 Å². The van der Waals surface area contributed by atoms with E-state index in [4.69, 9.17) is 16.3 Å². The van der Waals surface area contributed by atoms with Gasteiger partial charge in [0.05, 0.1) is 13.2 Å². The maximum atomic E-state index is 12.7. The Morgan fingerprint density at radius 2 is 2.05 bits per heavy atom. The zero-order chi connectivity index (χ0) is 15.7. The third-order valence-corrected chi connectivity index (χ3v) is 4.54. The van der Waals surface area contributed by atoms with Gasteiger partial charge in [0.1, 0.15) is 11.8 Å². The second-order valence-electron chi connectivity index (χ2n) is 5.55. The summed E-state index contributed by atoms with van der Waals surface area (Å²) >= 11 is 6.24. The maximum Gasteiger partial charge on any atom is 0.270 e. The molecule has 5 heteroatoms. The summed E-state index contributed by atoms with van der Waals surface area (Å²) in [5.41, 5.74) is 2.71. The van der Waals surface area contributed by atoms with Crippen molar-refractivity contribution in [3.8, 4) is 0 Å². The first-order chi connectivity index (χ1) is 10.6. The predicted octanol–water partition coefficient (Wildman–Crippen LogP) is 3.20. The summed E-state index contributed by atoms with van der Waals surface area (Å²) in [6, 6.07) is 11.5. The Bertz CT molecular complexity index is 696. The van der Waals surface area contributed by atoms with Gasteiger partial charge in [-0.3, -0.25) is 4.79 Å². The number of carbonyl (C=O) groups excluding carboxylic acids is 1. The molecule has 1 atom stereocenters. The lowest BCUT2D eigenvalue weighted by molar-refractivity contribution is -0.0230. The van der Waals surface area contributed by atoms with Gasteiger partial charge in [-0.1, -0.05) is 29.8 Å². The van der Waals surface area contributed by atoms with Crippen molar-refractivity contribution in [1.29, 1.82) is 0 Å². The fourth-order valence-electron chi connectivity index (χ4n) is 2.75. The van der Waals surface area contributed by atoms with Crippen molar-refractivity contribution in [2.45, 2.75) is 13.0 Å². The molecule has 116 valence electrons. The van der Waals surface area contributed by atoms with Crippen LogP contribution in [-0.4, -0.2) is 35.1 Å². The van der Waals surface area contributed by atoms with Crippen LogP contribution in [0, 0.1) is 6.92 Å². The van der Waals surface area contributed by atoms with Crippen LogP contribution in [0.3, 0.4) is 0 Å². The Hall–Kier alpha value is -1.78. The third kappa shape index (κ3) is 2.76. The van der Waals surface area contributed by atoms with E-state index in [1.54, 1.807) is 0 Å². The molecule has 0 aliphatic carbocycles. The average molecular weight is 319 g/mol. The van der Waals surface area contributed by atoms with E-state index < -0.39 is 0 Å². The van der Waals surface area contributed by atoms with E-state index in [9.17, 15) is 4.79 Å². The molecule has 2 heterocycles. The molecule has 1 amide bonds. The van der Waals surface area contributed by atoms with Crippen LogP contribution in [0.1, 0.15) is 27.8 Å². The molecule has 0 radical (unpaired) electrons. The maximum absolute atomic E-state index is 12.7. The minimum atomic E-state index is -0.173. The van der Waals surface area contributed by atoms with Gasteiger partial charge >= 0.3 is 0 Å². The highest BCUT2D eigenvalue weighted by atomic mass is 35.5. The summed E-state index contributed by atoms with van der Waals surface area (Å²) < 4.78 is 7.73. The van der Waals surface area contributed by atoms with Crippen molar-refractivity contribution in [3.63, 3.8) is 0 Å². The number of hydrogen-bond donors (Lipinski definition) is 0. The van der Waals surface area contributed by atoms with Crippen LogP contribution >= 0.6 is 11.6 Å². The van der Waals surface area contributed by atoms with Crippen LogP contribution in [0.2, 0.25) is 5.02 Å². The summed E-state index contributed by atoms with van der Waals surface area (Å²) in [5, 5.41) is 0.677. The molecular weight excluding hydrogens is 300 g/mol. The normalized spacial score (nSPS) is 18.5. The Morgan fingerprint density at radius 1 is 1.27 bits per heavy atom. The van der Waals surface area contributed by atoms with Gasteiger partial charge < -0.3 is 14.2 Å². The first-order valence-corrected chi connectivity index (χ1v) is 7.73. The number of amides is 1. The summed E-state index contributed by atoms with van der Waals surface area (Å²) in [5.74, 6) is 0.0379. The molecule has 0 N–H and O–H groups in total. The minimum Gasteiger partial charge on any atom is -0.370 e. The monoisotopic (exact) mass is 318 g/mol. The van der Waals surface area contributed by atoms with Crippen LogP contribution in [0.15, 0.2) is 36.4 Å². The second-order valence-corrected chi connectivity index (χ2v) is 5.96. The number of rotatable bonds is 2. The van der Waals surface area contributed by atoms with Crippen LogP contribution < -0.4 is 0 Å². The highest BCUT2D eigenvalue weighted by Gasteiger charge is 2.28. The number of halogens is 1. The lowest BCUT2D eigenvalue weighted by Gasteiger charge is -2.33. The number of hydrogen-bond acceptors (Lipinski definition) is 2. The molecule has 0 bridgehead atoms. The number of benzene rings is 1. The molecule has 0 spiro atoms. The van der Waals surface area contributed by atoms with E-state index >= 15 is 0 Å². The zero-order valence-corrected chi connectivity index (χ0v) is 13.5. The molecule has 1 aromatic heterocycles. The van der Waals surface area contributed by atoms with Crippen LogP contribution in [-0.2, 0) is 11.8 Å². The van der Waals surface area contributed by atoms with E-state index in [0.717, 1.165) is 11.3 Å². The molecule has 2 aromatic rings. The molecule has 4 nitrogen and oxygen atoms in total. The topological polar surface area (TPSA) is 34.5 Å². The smallest absolute Gasteiger partial charge is 0.270 e. The first kappa shape index (κ1) is 15.1. The summed E-state index contributed by atoms with van der Waals surface area (Å²) in [6.45, 7) is 3.63. The predicted molar refractivity (Wildman–Crippen MR) is 86.2 cm³/mol. The Balaban J connectivity index is 1.80. The third-order valence-electron chi connectivity index (χ3n) is 4.20. The number of ether oxygens (including phenoxy) is 1. The van der Waals surface area contributed by atoms with Crippen molar-refractivity contribution in [1.82, 2.24) is 9.47 Å². The van der Waals surface area contributed by atoms with Gasteiger partial charge in [-0.2, -0.15) is 0 Å². The highest BCUT2D eigenvalue weighted by molar-refractivity contribution is 6.31. The lowest BCUT2D eigenvalue weighted by Crippen LogP contribution is -2.42. The standard InChI is InChI=1S/C17H19ClN2O2/c1-12-7-8-15(19(12)2)17(21)20-9-10-22-16(11-20)13-5-3-4-6-14(13)18/h3-8,16H,9-11H2,1-2H3/t16-/m0/s1. The van der Waals surface area contributed by atoms with Gasteiger partial charge in [0.2, 0.25) is 0 Å². The van der Waals surface area contributed by atoms with Crippen molar-refractivity contribution in [3.05, 3.63) is 58.4 Å². The largest absolute Gasteiger partial charge is 0.370 e. The molecule has 0 unspecified atom stereocenters. The summed E-state index contributed by atoms with van der Waals surface area (Å²) in [7, 11) is 1.91. The quantitative estimate of drug-likeness (QED) is 0.852. The van der Waals surface area contributed by atoms with E-state index in [0.29, 0.717) is 30.4 Å². The minimum absolute atomic E-state index is 0.0379. The number of morpholine rings is 1. The molecule has 1 fully saturated rings. The molecule has 22 heavy (non-hydrogen) atoms. The number of nitrogens with zero attached hydrogens (tertiary/aromatic N) is 2. The number of aromatic nitrogens is 1. The molecule has 1 saturated heterocycles. The highest BCUT2D eigenvalue weighted by Crippen LogP contribution is 2.28. The van der Waals surface area contributed by atoms with E-state index in [2.05, 4.69) is 0 Å². The lowest BCUT2D eigenvalue weighted by atomic mass is 10.1. The second kappa shape index (κ2) is 6.15. The molecular formula is C17H19ClN2O2. The summed E-state index contributed by atoms with van der Waals surface area (Å²) in [4.78, 5) is 14.6. The summed E-state index contributed by atoms with van der Waals surface area (Å²) in [6.07, 6.45) is -0.173. The van der Waals surface area contributed by atoms with Gasteiger partial charge in [-0.15, -0.1) is 0 Å². The molecule has 0 saturated carbocycles. The first-order valence-electron chi connectivity index (χ1n) is 7.35. The van der Waals surface area contributed by atoms with Crippen molar-refractivity contribution >= 4 is 17.5 Å². The molecule has 1 aromatic carbocycles. The van der Waals surface area contributed by atoms with E-state index in [-0.39, 0.29) is 12.0 Å². The Kier molecular flexibility index (Phi) is 4.23. The van der Waals surface area contributed by atoms with Crippen molar-refractivity contribution in [2.24, 2.45) is 7.05 Å². The van der Waals surface area contributed by atoms with Crippen LogP contribution in [0.25, 0.3) is 0 Å². The SMILES string of the molecule is Cc1ccc(C(=O)N2CCO[C@H](c3ccccc3Cl)C2)n1C. The Labute approximate surface area is 135 Å². The van der Waals surface area contributed by atoms with Gasteiger partial charge in [0.15, 0.2) is 0 Å². The fraction of sp³-hybridized carbons (Fsp3) is 0.353.